The summed E-state index contributed by atoms with van der Waals surface area (Å²) in [5.41, 5.74) is 2.64. The number of fused-ring (bicyclic) bond motifs is 1. The highest BCUT2D eigenvalue weighted by Gasteiger charge is 2.35. The maximum atomic E-state index is 6.25. The first-order valence-electron chi connectivity index (χ1n) is 6.62. The number of nitrogens with zero attached hydrogens (tertiary/aromatic N) is 2. The van der Waals surface area contributed by atoms with Crippen LogP contribution in [0.3, 0.4) is 0 Å². The number of halogens is 1. The minimum Gasteiger partial charge on any atom is -0.331 e. The number of hydrogen-bond acceptors (Lipinski definition) is 1. The molecular formula is C15H19ClN2. The molecule has 0 radical (unpaired) electrons. The Morgan fingerprint density at radius 2 is 2.22 bits per heavy atom. The molecule has 2 atom stereocenters. The summed E-state index contributed by atoms with van der Waals surface area (Å²) in [6.07, 6.45) is 4.49. The van der Waals surface area contributed by atoms with Crippen LogP contribution in [0.5, 0.6) is 0 Å². The van der Waals surface area contributed by atoms with Crippen molar-refractivity contribution in [3.8, 4) is 0 Å². The molecule has 1 aliphatic carbocycles. The topological polar surface area (TPSA) is 17.8 Å². The van der Waals surface area contributed by atoms with Crippen molar-refractivity contribution in [2.75, 3.05) is 0 Å². The lowest BCUT2D eigenvalue weighted by atomic mass is 9.85. The first-order chi connectivity index (χ1) is 8.57. The molecule has 0 N–H and O–H groups in total. The zero-order chi connectivity index (χ0) is 12.8. The summed E-state index contributed by atoms with van der Waals surface area (Å²) in [5.74, 6) is 1.18. The van der Waals surface area contributed by atoms with Crippen molar-refractivity contribution in [3.63, 3.8) is 0 Å². The Labute approximate surface area is 113 Å². The van der Waals surface area contributed by atoms with Gasteiger partial charge in [0.05, 0.1) is 11.0 Å². The van der Waals surface area contributed by atoms with Gasteiger partial charge in [0.15, 0.2) is 0 Å². The van der Waals surface area contributed by atoms with Crippen LogP contribution in [0.2, 0.25) is 0 Å². The smallest absolute Gasteiger partial charge is 0.110 e. The van der Waals surface area contributed by atoms with Crippen molar-refractivity contribution in [2.24, 2.45) is 12.5 Å². The Bertz CT molecular complexity index is 575. The highest BCUT2D eigenvalue weighted by Crippen LogP contribution is 2.42. The van der Waals surface area contributed by atoms with E-state index in [9.17, 15) is 0 Å². The molecule has 18 heavy (non-hydrogen) atoms. The molecule has 3 rings (SSSR count). The zero-order valence-corrected chi connectivity index (χ0v) is 11.7. The Morgan fingerprint density at radius 1 is 1.44 bits per heavy atom. The van der Waals surface area contributed by atoms with Gasteiger partial charge in [0, 0.05) is 18.8 Å². The molecule has 0 aliphatic heterocycles. The van der Waals surface area contributed by atoms with Crippen LogP contribution in [0, 0.1) is 5.41 Å². The Kier molecular flexibility index (Phi) is 2.86. The predicted octanol–water partition coefficient (Wildman–Crippen LogP) is 3.91. The molecule has 1 saturated carbocycles. The van der Waals surface area contributed by atoms with Gasteiger partial charge in [-0.15, -0.1) is 11.6 Å². The lowest BCUT2D eigenvalue weighted by molar-refractivity contribution is 0.325. The van der Waals surface area contributed by atoms with Gasteiger partial charge in [-0.1, -0.05) is 19.1 Å². The van der Waals surface area contributed by atoms with E-state index in [1.54, 1.807) is 0 Å². The van der Waals surface area contributed by atoms with Gasteiger partial charge in [-0.3, -0.25) is 0 Å². The molecule has 1 aliphatic rings. The van der Waals surface area contributed by atoms with E-state index >= 15 is 0 Å². The minimum absolute atomic E-state index is 0.321. The van der Waals surface area contributed by atoms with E-state index in [-0.39, 0.29) is 0 Å². The van der Waals surface area contributed by atoms with Gasteiger partial charge in [-0.2, -0.15) is 0 Å². The van der Waals surface area contributed by atoms with E-state index in [1.807, 2.05) is 6.07 Å². The van der Waals surface area contributed by atoms with Crippen molar-refractivity contribution >= 4 is 22.6 Å². The SMILES string of the molecule is Cn1c(CC2(C)CCC(Cl)C2)nc2ccccc21. The van der Waals surface area contributed by atoms with Crippen LogP contribution in [0.1, 0.15) is 32.0 Å². The summed E-state index contributed by atoms with van der Waals surface area (Å²) in [4.78, 5) is 4.77. The number of benzene rings is 1. The van der Waals surface area contributed by atoms with Crippen molar-refractivity contribution in [1.82, 2.24) is 9.55 Å². The maximum absolute atomic E-state index is 6.25. The van der Waals surface area contributed by atoms with Gasteiger partial charge in [0.2, 0.25) is 0 Å². The molecule has 0 amide bonds. The molecule has 3 heteroatoms. The summed E-state index contributed by atoms with van der Waals surface area (Å²) < 4.78 is 2.22. The van der Waals surface area contributed by atoms with E-state index in [2.05, 4.69) is 36.7 Å². The largest absolute Gasteiger partial charge is 0.331 e. The van der Waals surface area contributed by atoms with E-state index in [0.29, 0.717) is 10.8 Å². The van der Waals surface area contributed by atoms with Crippen LogP contribution < -0.4 is 0 Å². The first kappa shape index (κ1) is 12.0. The molecule has 0 bridgehead atoms. The fourth-order valence-electron chi connectivity index (χ4n) is 3.14. The van der Waals surface area contributed by atoms with Crippen LogP contribution in [-0.2, 0) is 13.5 Å². The van der Waals surface area contributed by atoms with E-state index in [1.165, 1.54) is 17.8 Å². The van der Waals surface area contributed by atoms with Crippen LogP contribution in [0.25, 0.3) is 11.0 Å². The lowest BCUT2D eigenvalue weighted by Gasteiger charge is -2.23. The molecule has 0 saturated heterocycles. The highest BCUT2D eigenvalue weighted by molar-refractivity contribution is 6.20. The van der Waals surface area contributed by atoms with Gasteiger partial charge < -0.3 is 4.57 Å². The third-order valence-corrected chi connectivity index (χ3v) is 4.61. The highest BCUT2D eigenvalue weighted by atomic mass is 35.5. The van der Waals surface area contributed by atoms with Crippen LogP contribution in [-0.4, -0.2) is 14.9 Å². The van der Waals surface area contributed by atoms with Crippen molar-refractivity contribution in [2.45, 2.75) is 38.0 Å². The average molecular weight is 263 g/mol. The van der Waals surface area contributed by atoms with Gasteiger partial charge >= 0.3 is 0 Å². The van der Waals surface area contributed by atoms with Gasteiger partial charge in [-0.25, -0.2) is 4.98 Å². The second-order valence-electron chi connectivity index (χ2n) is 5.90. The number of imidazole rings is 1. The second kappa shape index (κ2) is 4.27. The van der Waals surface area contributed by atoms with Gasteiger partial charge in [0.1, 0.15) is 5.82 Å². The lowest BCUT2D eigenvalue weighted by Crippen LogP contribution is -2.18. The third kappa shape index (κ3) is 2.03. The van der Waals surface area contributed by atoms with Crippen molar-refractivity contribution in [1.29, 1.82) is 0 Å². The summed E-state index contributed by atoms with van der Waals surface area (Å²) in [6, 6.07) is 8.33. The normalized spacial score (nSPS) is 28.1. The molecule has 1 heterocycles. The zero-order valence-electron chi connectivity index (χ0n) is 11.0. The average Bonchev–Trinajstić information content (AvgIpc) is 2.82. The number of rotatable bonds is 2. The van der Waals surface area contributed by atoms with E-state index < -0.39 is 0 Å². The monoisotopic (exact) mass is 262 g/mol. The summed E-state index contributed by atoms with van der Waals surface area (Å²) in [7, 11) is 2.11. The molecule has 2 nitrogen and oxygen atoms in total. The van der Waals surface area contributed by atoms with Gasteiger partial charge in [-0.05, 0) is 36.8 Å². The molecule has 1 aromatic carbocycles. The van der Waals surface area contributed by atoms with Crippen molar-refractivity contribution < 1.29 is 0 Å². The number of alkyl halides is 1. The predicted molar refractivity (Wildman–Crippen MR) is 76.0 cm³/mol. The van der Waals surface area contributed by atoms with Crippen LogP contribution in [0.4, 0.5) is 0 Å². The summed E-state index contributed by atoms with van der Waals surface area (Å²) >= 11 is 6.25. The van der Waals surface area contributed by atoms with Crippen molar-refractivity contribution in [3.05, 3.63) is 30.1 Å². The van der Waals surface area contributed by atoms with E-state index in [4.69, 9.17) is 16.6 Å². The van der Waals surface area contributed by atoms with Gasteiger partial charge in [0.25, 0.3) is 0 Å². The molecule has 2 aromatic rings. The molecule has 96 valence electrons. The van der Waals surface area contributed by atoms with Crippen LogP contribution in [0.15, 0.2) is 24.3 Å². The molecule has 1 fully saturated rings. The minimum atomic E-state index is 0.321. The first-order valence-corrected chi connectivity index (χ1v) is 7.05. The fourth-order valence-corrected chi connectivity index (χ4v) is 3.62. The molecular weight excluding hydrogens is 244 g/mol. The third-order valence-electron chi connectivity index (χ3n) is 4.24. The Morgan fingerprint density at radius 3 is 2.89 bits per heavy atom. The Hall–Kier alpha value is -1.02. The number of aryl methyl sites for hydroxylation is 1. The standard InChI is InChI=1S/C15H19ClN2/c1-15(8-7-11(16)9-15)10-14-17-12-5-3-4-6-13(12)18(14)2/h3-6,11H,7-10H2,1-2H3. The fraction of sp³-hybridized carbons (Fsp3) is 0.533. The van der Waals surface area contributed by atoms with Crippen LogP contribution >= 0.6 is 11.6 Å². The number of hydrogen-bond donors (Lipinski definition) is 0. The second-order valence-corrected chi connectivity index (χ2v) is 6.52. The quantitative estimate of drug-likeness (QED) is 0.751. The molecule has 0 spiro atoms. The number of aromatic nitrogens is 2. The van der Waals surface area contributed by atoms with E-state index in [0.717, 1.165) is 24.8 Å². The number of para-hydroxylation sites is 2. The summed E-state index contributed by atoms with van der Waals surface area (Å²) in [5, 5.41) is 0.352. The molecule has 2 unspecified atom stereocenters. The summed E-state index contributed by atoms with van der Waals surface area (Å²) in [6.45, 7) is 2.34. The Balaban J connectivity index is 1.93. The maximum Gasteiger partial charge on any atom is 0.110 e. The molecule has 1 aromatic heterocycles.